The SMILES string of the molecule is [N-]=[N+]=Nc1c(F)cc([N+](=O)[O-])cc1F. The Labute approximate surface area is 75.5 Å². The van der Waals surface area contributed by atoms with E-state index in [9.17, 15) is 18.9 Å². The van der Waals surface area contributed by atoms with Crippen LogP contribution < -0.4 is 0 Å². The van der Waals surface area contributed by atoms with Gasteiger partial charge in [-0.05, 0) is 5.53 Å². The third-order valence-electron chi connectivity index (χ3n) is 1.36. The third kappa shape index (κ3) is 1.75. The van der Waals surface area contributed by atoms with E-state index < -0.39 is 27.9 Å². The molecule has 0 amide bonds. The van der Waals surface area contributed by atoms with Crippen molar-refractivity contribution in [3.8, 4) is 0 Å². The lowest BCUT2D eigenvalue weighted by atomic mass is 10.2. The minimum atomic E-state index is -1.27. The van der Waals surface area contributed by atoms with E-state index >= 15 is 0 Å². The number of hydrogen-bond acceptors (Lipinski definition) is 3. The van der Waals surface area contributed by atoms with Crippen LogP contribution in [0.15, 0.2) is 17.2 Å². The second-order valence-corrected chi connectivity index (χ2v) is 2.20. The number of hydrogen-bond donors (Lipinski definition) is 0. The van der Waals surface area contributed by atoms with E-state index in [0.29, 0.717) is 12.1 Å². The highest BCUT2D eigenvalue weighted by atomic mass is 19.1. The summed E-state index contributed by atoms with van der Waals surface area (Å²) in [6.45, 7) is 0. The lowest BCUT2D eigenvalue weighted by molar-refractivity contribution is -0.385. The summed E-state index contributed by atoms with van der Waals surface area (Å²) in [4.78, 5) is 11.4. The summed E-state index contributed by atoms with van der Waals surface area (Å²) in [5.41, 5.74) is 6.32. The number of rotatable bonds is 2. The van der Waals surface area contributed by atoms with Gasteiger partial charge in [0.15, 0.2) is 0 Å². The first-order chi connectivity index (χ1) is 6.56. The Morgan fingerprint density at radius 3 is 2.29 bits per heavy atom. The molecule has 0 unspecified atom stereocenters. The number of benzene rings is 1. The molecule has 72 valence electrons. The molecule has 1 aromatic rings. The van der Waals surface area contributed by atoms with Crippen LogP contribution in [-0.2, 0) is 0 Å². The molecule has 0 atom stereocenters. The number of azide groups is 1. The molecule has 8 heteroatoms. The highest BCUT2D eigenvalue weighted by Gasteiger charge is 2.15. The number of nitro groups is 1. The van der Waals surface area contributed by atoms with Crippen LogP contribution in [0.1, 0.15) is 0 Å². The summed E-state index contributed by atoms with van der Waals surface area (Å²) in [5, 5.41) is 12.9. The van der Waals surface area contributed by atoms with Crippen LogP contribution in [0.25, 0.3) is 10.4 Å². The number of halogens is 2. The van der Waals surface area contributed by atoms with Gasteiger partial charge < -0.3 is 0 Å². The van der Waals surface area contributed by atoms with Gasteiger partial charge in [0.05, 0.1) is 17.1 Å². The Kier molecular flexibility index (Phi) is 2.59. The van der Waals surface area contributed by atoms with E-state index in [0.717, 1.165) is 0 Å². The van der Waals surface area contributed by atoms with Crippen LogP contribution in [0.2, 0.25) is 0 Å². The molecule has 0 aromatic heterocycles. The smallest absolute Gasteiger partial charge is 0.258 e. The largest absolute Gasteiger partial charge is 0.275 e. The molecule has 0 N–H and O–H groups in total. The maximum absolute atomic E-state index is 12.8. The van der Waals surface area contributed by atoms with E-state index in [-0.39, 0.29) is 0 Å². The normalized spacial score (nSPS) is 9.29. The zero-order valence-corrected chi connectivity index (χ0v) is 6.52. The Bertz CT molecular complexity index is 418. The van der Waals surface area contributed by atoms with Crippen molar-refractivity contribution in [1.82, 2.24) is 0 Å². The van der Waals surface area contributed by atoms with Crippen LogP contribution >= 0.6 is 0 Å². The quantitative estimate of drug-likeness (QED) is 0.241. The summed E-state index contributed by atoms with van der Waals surface area (Å²) in [6, 6.07) is 0.959. The van der Waals surface area contributed by atoms with Gasteiger partial charge in [0.1, 0.15) is 17.3 Å². The molecule has 0 spiro atoms. The molecule has 0 fully saturated rings. The molecule has 0 bridgehead atoms. The van der Waals surface area contributed by atoms with Crippen LogP contribution in [-0.4, -0.2) is 4.92 Å². The molecule has 0 aliphatic heterocycles. The molecular weight excluding hydrogens is 198 g/mol. The Morgan fingerprint density at radius 2 is 1.93 bits per heavy atom. The fourth-order valence-corrected chi connectivity index (χ4v) is 0.798. The van der Waals surface area contributed by atoms with Gasteiger partial charge in [0.25, 0.3) is 5.69 Å². The third-order valence-corrected chi connectivity index (χ3v) is 1.36. The van der Waals surface area contributed by atoms with E-state index in [2.05, 4.69) is 10.0 Å². The topological polar surface area (TPSA) is 91.9 Å². The van der Waals surface area contributed by atoms with Gasteiger partial charge in [-0.1, -0.05) is 5.11 Å². The lowest BCUT2D eigenvalue weighted by Crippen LogP contribution is -1.91. The minimum absolute atomic E-state index is 0.479. The van der Waals surface area contributed by atoms with E-state index in [1.54, 1.807) is 0 Å². The van der Waals surface area contributed by atoms with Gasteiger partial charge in [0, 0.05) is 4.91 Å². The average molecular weight is 200 g/mol. The monoisotopic (exact) mass is 200 g/mol. The van der Waals surface area contributed by atoms with E-state index in [1.807, 2.05) is 0 Å². The Hall–Kier alpha value is -2.21. The lowest BCUT2D eigenvalue weighted by Gasteiger charge is -1.97. The highest BCUT2D eigenvalue weighted by Crippen LogP contribution is 2.26. The van der Waals surface area contributed by atoms with Gasteiger partial charge in [0.2, 0.25) is 0 Å². The van der Waals surface area contributed by atoms with Crippen molar-refractivity contribution in [3.05, 3.63) is 44.3 Å². The van der Waals surface area contributed by atoms with Crippen molar-refractivity contribution < 1.29 is 13.7 Å². The van der Waals surface area contributed by atoms with Gasteiger partial charge in [-0.25, -0.2) is 8.78 Å². The molecule has 1 aromatic carbocycles. The molecule has 0 radical (unpaired) electrons. The van der Waals surface area contributed by atoms with Crippen molar-refractivity contribution in [3.63, 3.8) is 0 Å². The fourth-order valence-electron chi connectivity index (χ4n) is 0.798. The van der Waals surface area contributed by atoms with Crippen LogP contribution in [0.3, 0.4) is 0 Å². The summed E-state index contributed by atoms with van der Waals surface area (Å²) in [6.07, 6.45) is 0. The van der Waals surface area contributed by atoms with Crippen LogP contribution in [0.5, 0.6) is 0 Å². The second-order valence-electron chi connectivity index (χ2n) is 2.20. The van der Waals surface area contributed by atoms with E-state index in [4.69, 9.17) is 5.53 Å². The number of nitro benzene ring substituents is 1. The predicted molar refractivity (Wildman–Crippen MR) is 41.8 cm³/mol. The Balaban J connectivity index is 3.39. The van der Waals surface area contributed by atoms with Crippen molar-refractivity contribution in [1.29, 1.82) is 0 Å². The molecule has 0 saturated carbocycles. The first kappa shape index (κ1) is 9.87. The average Bonchev–Trinajstić information content (AvgIpc) is 2.10. The maximum Gasteiger partial charge on any atom is 0.275 e. The zero-order valence-electron chi connectivity index (χ0n) is 6.52. The molecular formula is C6H2F2N4O2. The van der Waals surface area contributed by atoms with Crippen molar-refractivity contribution in [2.75, 3.05) is 0 Å². The summed E-state index contributed by atoms with van der Waals surface area (Å²) >= 11 is 0. The molecule has 6 nitrogen and oxygen atoms in total. The first-order valence-corrected chi connectivity index (χ1v) is 3.25. The minimum Gasteiger partial charge on any atom is -0.258 e. The van der Waals surface area contributed by atoms with Crippen molar-refractivity contribution in [2.45, 2.75) is 0 Å². The van der Waals surface area contributed by atoms with Gasteiger partial charge in [-0.3, -0.25) is 10.1 Å². The molecule has 0 saturated heterocycles. The molecule has 1 rings (SSSR count). The van der Waals surface area contributed by atoms with Crippen molar-refractivity contribution >= 4 is 11.4 Å². The van der Waals surface area contributed by atoms with Gasteiger partial charge >= 0.3 is 0 Å². The van der Waals surface area contributed by atoms with Crippen LogP contribution in [0, 0.1) is 21.7 Å². The summed E-state index contributed by atoms with van der Waals surface area (Å²) in [5.74, 6) is -2.54. The summed E-state index contributed by atoms with van der Waals surface area (Å²) < 4.78 is 25.7. The standard InChI is InChI=1S/C6H2F2N4O2/c7-4-1-3(12(13)14)2-5(8)6(4)10-11-9/h1-2H. The Morgan fingerprint density at radius 1 is 1.43 bits per heavy atom. The fraction of sp³-hybridized carbons (Fsp3) is 0. The zero-order chi connectivity index (χ0) is 10.7. The second kappa shape index (κ2) is 3.67. The van der Waals surface area contributed by atoms with Crippen LogP contribution in [0.4, 0.5) is 20.2 Å². The van der Waals surface area contributed by atoms with E-state index in [1.165, 1.54) is 0 Å². The predicted octanol–water partition coefficient (Wildman–Crippen LogP) is 2.81. The van der Waals surface area contributed by atoms with Gasteiger partial charge in [-0.15, -0.1) is 0 Å². The molecule has 14 heavy (non-hydrogen) atoms. The first-order valence-electron chi connectivity index (χ1n) is 3.25. The number of nitrogens with zero attached hydrogens (tertiary/aromatic N) is 4. The van der Waals surface area contributed by atoms with Gasteiger partial charge in [-0.2, -0.15) is 0 Å². The highest BCUT2D eigenvalue weighted by molar-refractivity contribution is 5.47. The van der Waals surface area contributed by atoms with Crippen molar-refractivity contribution in [2.24, 2.45) is 5.11 Å². The maximum atomic E-state index is 12.8. The number of non-ortho nitro benzene ring substituents is 1. The summed E-state index contributed by atoms with van der Waals surface area (Å²) in [7, 11) is 0. The molecule has 0 heterocycles. The molecule has 0 aliphatic carbocycles. The molecule has 0 aliphatic rings.